The van der Waals surface area contributed by atoms with Crippen LogP contribution in [-0.2, 0) is 11.2 Å². The first-order valence-electron chi connectivity index (χ1n) is 7.29. The van der Waals surface area contributed by atoms with Gasteiger partial charge in [0.05, 0.1) is 30.8 Å². The fourth-order valence-corrected chi connectivity index (χ4v) is 3.30. The van der Waals surface area contributed by atoms with Crippen LogP contribution in [0.25, 0.3) is 0 Å². The van der Waals surface area contributed by atoms with Crippen molar-refractivity contribution in [2.24, 2.45) is 0 Å². The van der Waals surface area contributed by atoms with Crippen molar-refractivity contribution < 1.29 is 4.74 Å². The standard InChI is InChI=1S/C14H20N4O/c15-8-6-13-14(11-7-9-19-10-11)18(17-16-13)12-4-2-1-3-5-12/h11-12H,1-7,9-10H2. The highest BCUT2D eigenvalue weighted by Crippen LogP contribution is 2.34. The molecule has 0 aromatic carbocycles. The number of nitriles is 1. The lowest BCUT2D eigenvalue weighted by Gasteiger charge is -2.24. The summed E-state index contributed by atoms with van der Waals surface area (Å²) in [4.78, 5) is 0. The largest absolute Gasteiger partial charge is 0.381 e. The van der Waals surface area contributed by atoms with Gasteiger partial charge in [-0.05, 0) is 19.3 Å². The van der Waals surface area contributed by atoms with E-state index in [1.54, 1.807) is 0 Å². The number of rotatable bonds is 3. The third kappa shape index (κ3) is 2.50. The first kappa shape index (κ1) is 12.6. The molecule has 0 amide bonds. The maximum absolute atomic E-state index is 8.95. The van der Waals surface area contributed by atoms with Crippen molar-refractivity contribution in [2.75, 3.05) is 13.2 Å². The highest BCUT2D eigenvalue weighted by Gasteiger charge is 2.29. The van der Waals surface area contributed by atoms with Gasteiger partial charge in [-0.3, -0.25) is 0 Å². The van der Waals surface area contributed by atoms with Crippen molar-refractivity contribution in [3.8, 4) is 6.07 Å². The molecule has 0 bridgehead atoms. The van der Waals surface area contributed by atoms with Crippen molar-refractivity contribution in [3.63, 3.8) is 0 Å². The molecule has 2 fully saturated rings. The Morgan fingerprint density at radius 3 is 2.79 bits per heavy atom. The second-order valence-corrected chi connectivity index (χ2v) is 5.55. The van der Waals surface area contributed by atoms with Crippen molar-refractivity contribution in [1.82, 2.24) is 15.0 Å². The van der Waals surface area contributed by atoms with Crippen LogP contribution >= 0.6 is 0 Å². The minimum Gasteiger partial charge on any atom is -0.381 e. The molecule has 1 aliphatic carbocycles. The monoisotopic (exact) mass is 260 g/mol. The Bertz CT molecular complexity index is 464. The van der Waals surface area contributed by atoms with Crippen LogP contribution in [0, 0.1) is 11.3 Å². The van der Waals surface area contributed by atoms with Crippen LogP contribution in [-0.4, -0.2) is 28.2 Å². The maximum Gasteiger partial charge on any atom is 0.100 e. The summed E-state index contributed by atoms with van der Waals surface area (Å²) in [6.07, 6.45) is 7.65. The molecule has 5 nitrogen and oxygen atoms in total. The lowest BCUT2D eigenvalue weighted by atomic mass is 9.94. The fraction of sp³-hybridized carbons (Fsp3) is 0.786. The van der Waals surface area contributed by atoms with E-state index in [2.05, 4.69) is 21.1 Å². The van der Waals surface area contributed by atoms with Gasteiger partial charge in [-0.1, -0.05) is 24.5 Å². The Morgan fingerprint density at radius 1 is 1.26 bits per heavy atom. The van der Waals surface area contributed by atoms with Crippen molar-refractivity contribution in [2.45, 2.75) is 56.9 Å². The highest BCUT2D eigenvalue weighted by molar-refractivity contribution is 5.20. The summed E-state index contributed by atoms with van der Waals surface area (Å²) in [5.74, 6) is 0.375. The van der Waals surface area contributed by atoms with Gasteiger partial charge in [0.15, 0.2) is 0 Å². The summed E-state index contributed by atoms with van der Waals surface area (Å²) >= 11 is 0. The van der Waals surface area contributed by atoms with Gasteiger partial charge in [0.25, 0.3) is 0 Å². The smallest absolute Gasteiger partial charge is 0.100 e. The zero-order valence-corrected chi connectivity index (χ0v) is 11.2. The lowest BCUT2D eigenvalue weighted by molar-refractivity contribution is 0.192. The molecule has 1 aromatic heterocycles. The summed E-state index contributed by atoms with van der Waals surface area (Å²) in [6, 6.07) is 2.68. The van der Waals surface area contributed by atoms with Gasteiger partial charge < -0.3 is 4.74 Å². The van der Waals surface area contributed by atoms with E-state index in [9.17, 15) is 0 Å². The molecule has 1 aliphatic heterocycles. The molecule has 3 rings (SSSR count). The van der Waals surface area contributed by atoms with E-state index in [1.165, 1.54) is 37.8 Å². The van der Waals surface area contributed by atoms with Crippen molar-refractivity contribution in [3.05, 3.63) is 11.4 Å². The number of hydrogen-bond acceptors (Lipinski definition) is 4. The molecule has 1 saturated heterocycles. The predicted octanol–water partition coefficient (Wildman–Crippen LogP) is 2.35. The van der Waals surface area contributed by atoms with E-state index in [4.69, 9.17) is 10.00 Å². The minimum atomic E-state index is 0.360. The Balaban J connectivity index is 1.91. The number of hydrogen-bond donors (Lipinski definition) is 0. The lowest BCUT2D eigenvalue weighted by Crippen LogP contribution is -2.19. The summed E-state index contributed by atoms with van der Waals surface area (Å²) < 4.78 is 7.62. The van der Waals surface area contributed by atoms with Crippen LogP contribution in [0.2, 0.25) is 0 Å². The zero-order valence-electron chi connectivity index (χ0n) is 11.2. The Labute approximate surface area is 113 Å². The van der Waals surface area contributed by atoms with E-state index in [0.29, 0.717) is 18.4 Å². The minimum absolute atomic E-state index is 0.360. The van der Waals surface area contributed by atoms with Crippen LogP contribution in [0.1, 0.15) is 61.9 Å². The van der Waals surface area contributed by atoms with Gasteiger partial charge in [-0.25, -0.2) is 4.68 Å². The molecule has 1 saturated carbocycles. The first-order valence-corrected chi connectivity index (χ1v) is 7.29. The van der Waals surface area contributed by atoms with Crippen LogP contribution in [0.3, 0.4) is 0 Å². The predicted molar refractivity (Wildman–Crippen MR) is 69.6 cm³/mol. The molecule has 1 aromatic rings. The second-order valence-electron chi connectivity index (χ2n) is 5.55. The van der Waals surface area contributed by atoms with Crippen molar-refractivity contribution in [1.29, 1.82) is 5.26 Å². The topological polar surface area (TPSA) is 63.7 Å². The van der Waals surface area contributed by atoms with Crippen molar-refractivity contribution >= 4 is 0 Å². The third-order valence-electron chi connectivity index (χ3n) is 4.29. The average Bonchev–Trinajstić information content (AvgIpc) is 3.08. The molecular weight excluding hydrogens is 240 g/mol. The van der Waals surface area contributed by atoms with E-state index in [-0.39, 0.29) is 0 Å². The molecule has 2 aliphatic rings. The molecule has 1 unspecified atom stereocenters. The quantitative estimate of drug-likeness (QED) is 0.836. The highest BCUT2D eigenvalue weighted by atomic mass is 16.5. The molecule has 0 radical (unpaired) electrons. The third-order valence-corrected chi connectivity index (χ3v) is 4.29. The summed E-state index contributed by atoms with van der Waals surface area (Å²) in [5.41, 5.74) is 2.04. The molecular formula is C14H20N4O. The molecule has 0 N–H and O–H groups in total. The average molecular weight is 260 g/mol. The number of ether oxygens (including phenoxy) is 1. The molecule has 102 valence electrons. The Morgan fingerprint density at radius 2 is 2.11 bits per heavy atom. The normalized spacial score (nSPS) is 24.5. The first-order chi connectivity index (χ1) is 9.40. The van der Waals surface area contributed by atoms with E-state index in [0.717, 1.165) is 25.3 Å². The number of nitrogens with zero attached hydrogens (tertiary/aromatic N) is 4. The van der Waals surface area contributed by atoms with Gasteiger partial charge in [0.2, 0.25) is 0 Å². The van der Waals surface area contributed by atoms with Crippen LogP contribution in [0.4, 0.5) is 0 Å². The van der Waals surface area contributed by atoms with Crippen LogP contribution in [0.5, 0.6) is 0 Å². The fourth-order valence-electron chi connectivity index (χ4n) is 3.30. The van der Waals surface area contributed by atoms with E-state index >= 15 is 0 Å². The molecule has 0 spiro atoms. The van der Waals surface area contributed by atoms with Crippen LogP contribution < -0.4 is 0 Å². The summed E-state index contributed by atoms with van der Waals surface area (Å²) in [7, 11) is 0. The molecule has 19 heavy (non-hydrogen) atoms. The second kappa shape index (κ2) is 5.70. The van der Waals surface area contributed by atoms with Crippen LogP contribution in [0.15, 0.2) is 0 Å². The maximum atomic E-state index is 8.95. The van der Waals surface area contributed by atoms with Gasteiger partial charge in [-0.15, -0.1) is 5.10 Å². The van der Waals surface area contributed by atoms with Gasteiger partial charge >= 0.3 is 0 Å². The Hall–Kier alpha value is -1.41. The van der Waals surface area contributed by atoms with Gasteiger partial charge in [0, 0.05) is 12.5 Å². The summed E-state index contributed by atoms with van der Waals surface area (Å²) in [6.45, 7) is 1.56. The van der Waals surface area contributed by atoms with Gasteiger partial charge in [-0.2, -0.15) is 5.26 Å². The SMILES string of the molecule is N#CCc1nnn(C2CCCCC2)c1C1CCOC1. The molecule has 5 heteroatoms. The van der Waals surface area contributed by atoms with E-state index in [1.807, 2.05) is 0 Å². The van der Waals surface area contributed by atoms with E-state index < -0.39 is 0 Å². The zero-order chi connectivity index (χ0) is 13.1. The molecule has 1 atom stereocenters. The van der Waals surface area contributed by atoms with Gasteiger partial charge in [0.1, 0.15) is 5.69 Å². The Kier molecular flexibility index (Phi) is 3.79. The molecule has 2 heterocycles. The number of aromatic nitrogens is 3. The summed E-state index contributed by atoms with van der Waals surface area (Å²) in [5, 5.41) is 17.6.